The smallest absolute Gasteiger partial charge is 0.242 e. The molecule has 0 radical (unpaired) electrons. The second kappa shape index (κ2) is 5.83. The molecule has 2 rings (SSSR count). The Bertz CT molecular complexity index is 541. The third-order valence-electron chi connectivity index (χ3n) is 3.60. The number of carbonyl (C=O) groups is 2. The van der Waals surface area contributed by atoms with Crippen LogP contribution in [0.4, 0.5) is 0 Å². The lowest BCUT2D eigenvalue weighted by molar-refractivity contribution is -0.145. The highest BCUT2D eigenvalue weighted by atomic mass is 35.5. The lowest BCUT2D eigenvalue weighted by atomic mass is 10.2. The van der Waals surface area contributed by atoms with E-state index in [0.29, 0.717) is 18.1 Å². The van der Waals surface area contributed by atoms with E-state index in [9.17, 15) is 9.59 Å². The highest BCUT2D eigenvalue weighted by molar-refractivity contribution is 6.31. The first kappa shape index (κ1) is 14.8. The van der Waals surface area contributed by atoms with E-state index in [0.717, 1.165) is 17.8 Å². The van der Waals surface area contributed by atoms with Gasteiger partial charge in [-0.15, -0.1) is 0 Å². The van der Waals surface area contributed by atoms with E-state index in [1.807, 2.05) is 13.8 Å². The molecule has 110 valence electrons. The van der Waals surface area contributed by atoms with Crippen LogP contribution < -0.4 is 5.32 Å². The van der Waals surface area contributed by atoms with Crippen molar-refractivity contribution >= 4 is 23.4 Å². The Morgan fingerprint density at radius 2 is 2.10 bits per heavy atom. The van der Waals surface area contributed by atoms with Gasteiger partial charge in [-0.3, -0.25) is 14.3 Å². The monoisotopic (exact) mass is 298 g/mol. The summed E-state index contributed by atoms with van der Waals surface area (Å²) < 4.78 is 1.80. The van der Waals surface area contributed by atoms with E-state index in [-0.39, 0.29) is 18.4 Å². The molecule has 7 heteroatoms. The minimum absolute atomic E-state index is 0.0433. The van der Waals surface area contributed by atoms with Crippen LogP contribution in [0.15, 0.2) is 0 Å². The lowest BCUT2D eigenvalue weighted by Gasteiger charge is -2.32. The summed E-state index contributed by atoms with van der Waals surface area (Å²) in [6, 6.07) is -0.488. The molecule has 1 atom stereocenters. The summed E-state index contributed by atoms with van der Waals surface area (Å²) in [5, 5.41) is 7.60. The molecular formula is C13H19ClN4O2. The van der Waals surface area contributed by atoms with Crippen LogP contribution in [0, 0.1) is 0 Å². The number of carbonyl (C=O) groups excluding carboxylic acids is 2. The van der Waals surface area contributed by atoms with Crippen molar-refractivity contribution in [2.45, 2.75) is 46.3 Å². The molecule has 1 aromatic heterocycles. The van der Waals surface area contributed by atoms with Gasteiger partial charge in [0, 0.05) is 6.54 Å². The number of hydrogen-bond donors (Lipinski definition) is 1. The molecule has 1 fully saturated rings. The maximum atomic E-state index is 12.0. The largest absolute Gasteiger partial charge is 0.345 e. The predicted molar refractivity (Wildman–Crippen MR) is 75.3 cm³/mol. The van der Waals surface area contributed by atoms with Crippen molar-refractivity contribution in [3.05, 3.63) is 16.4 Å². The van der Waals surface area contributed by atoms with Crippen LogP contribution in [0.1, 0.15) is 32.2 Å². The molecule has 1 aliphatic heterocycles. The maximum absolute atomic E-state index is 12.0. The van der Waals surface area contributed by atoms with Gasteiger partial charge in [-0.1, -0.05) is 18.5 Å². The van der Waals surface area contributed by atoms with Gasteiger partial charge in [0.25, 0.3) is 0 Å². The van der Waals surface area contributed by atoms with E-state index in [1.54, 1.807) is 16.5 Å². The Balaban J connectivity index is 2.30. The zero-order valence-corrected chi connectivity index (χ0v) is 12.7. The Kier molecular flexibility index (Phi) is 4.32. The Labute approximate surface area is 123 Å². The summed E-state index contributed by atoms with van der Waals surface area (Å²) in [7, 11) is 0. The van der Waals surface area contributed by atoms with Gasteiger partial charge in [0.05, 0.1) is 29.5 Å². The molecule has 0 saturated carbocycles. The second-order valence-corrected chi connectivity index (χ2v) is 5.17. The van der Waals surface area contributed by atoms with Crippen LogP contribution in [0.25, 0.3) is 0 Å². The number of halogens is 1. The first-order valence-corrected chi connectivity index (χ1v) is 7.18. The normalized spacial score (nSPS) is 19.4. The van der Waals surface area contributed by atoms with Crippen molar-refractivity contribution in [3.8, 4) is 0 Å². The maximum Gasteiger partial charge on any atom is 0.242 e. The lowest BCUT2D eigenvalue weighted by Crippen LogP contribution is -2.56. The van der Waals surface area contributed by atoms with Crippen LogP contribution in [-0.2, 0) is 29.1 Å². The van der Waals surface area contributed by atoms with Gasteiger partial charge in [-0.25, -0.2) is 0 Å². The number of rotatable bonds is 4. The van der Waals surface area contributed by atoms with Gasteiger partial charge in [-0.05, 0) is 20.3 Å². The number of aromatic nitrogens is 2. The molecule has 1 aromatic rings. The van der Waals surface area contributed by atoms with Gasteiger partial charge in [0.15, 0.2) is 0 Å². The average molecular weight is 299 g/mol. The number of amides is 2. The predicted octanol–water partition coefficient (Wildman–Crippen LogP) is 0.966. The molecule has 6 nitrogen and oxygen atoms in total. The molecule has 0 bridgehead atoms. The number of nitrogens with zero attached hydrogens (tertiary/aromatic N) is 3. The van der Waals surface area contributed by atoms with Crippen LogP contribution in [-0.4, -0.2) is 39.1 Å². The molecule has 1 saturated heterocycles. The van der Waals surface area contributed by atoms with Gasteiger partial charge < -0.3 is 10.2 Å². The van der Waals surface area contributed by atoms with E-state index in [2.05, 4.69) is 10.4 Å². The van der Waals surface area contributed by atoms with Gasteiger partial charge in [0.1, 0.15) is 6.04 Å². The average Bonchev–Trinajstić information content (AvgIpc) is 2.75. The fourth-order valence-corrected chi connectivity index (χ4v) is 2.65. The Morgan fingerprint density at radius 3 is 2.70 bits per heavy atom. The summed E-state index contributed by atoms with van der Waals surface area (Å²) >= 11 is 6.34. The summed E-state index contributed by atoms with van der Waals surface area (Å²) in [6.45, 7) is 6.71. The van der Waals surface area contributed by atoms with Crippen molar-refractivity contribution < 1.29 is 9.59 Å². The fourth-order valence-electron chi connectivity index (χ4n) is 2.32. The Hall–Kier alpha value is -1.56. The van der Waals surface area contributed by atoms with Crippen molar-refractivity contribution in [2.75, 3.05) is 6.54 Å². The van der Waals surface area contributed by atoms with Gasteiger partial charge >= 0.3 is 0 Å². The highest BCUT2D eigenvalue weighted by Gasteiger charge is 2.32. The van der Waals surface area contributed by atoms with Crippen LogP contribution >= 0.6 is 11.6 Å². The third kappa shape index (κ3) is 2.52. The summed E-state index contributed by atoms with van der Waals surface area (Å²) in [5.74, 6) is -0.242. The van der Waals surface area contributed by atoms with E-state index >= 15 is 0 Å². The molecule has 1 unspecified atom stereocenters. The van der Waals surface area contributed by atoms with Crippen molar-refractivity contribution in [3.63, 3.8) is 0 Å². The third-order valence-corrected chi connectivity index (χ3v) is 4.03. The first-order chi connectivity index (χ1) is 9.49. The van der Waals surface area contributed by atoms with E-state index in [4.69, 9.17) is 11.6 Å². The van der Waals surface area contributed by atoms with Crippen LogP contribution in [0.3, 0.4) is 0 Å². The molecule has 1 N–H and O–H groups in total. The molecule has 0 aliphatic carbocycles. The number of nitrogens with one attached hydrogen (secondary N) is 1. The molecule has 0 aromatic carbocycles. The second-order valence-electron chi connectivity index (χ2n) is 4.79. The van der Waals surface area contributed by atoms with Gasteiger partial charge in [0.2, 0.25) is 11.8 Å². The van der Waals surface area contributed by atoms with Crippen molar-refractivity contribution in [1.29, 1.82) is 0 Å². The molecule has 1 aliphatic rings. The Morgan fingerprint density at radius 1 is 1.40 bits per heavy atom. The van der Waals surface area contributed by atoms with E-state index in [1.165, 1.54) is 0 Å². The van der Waals surface area contributed by atoms with Gasteiger partial charge in [-0.2, -0.15) is 5.10 Å². The summed E-state index contributed by atoms with van der Waals surface area (Å²) in [6.07, 6.45) is 0.739. The zero-order valence-electron chi connectivity index (χ0n) is 11.9. The quantitative estimate of drug-likeness (QED) is 0.900. The highest BCUT2D eigenvalue weighted by Crippen LogP contribution is 2.24. The minimum Gasteiger partial charge on any atom is -0.345 e. The van der Waals surface area contributed by atoms with Crippen LogP contribution in [0.2, 0.25) is 5.02 Å². The molecule has 2 heterocycles. The zero-order chi connectivity index (χ0) is 14.9. The summed E-state index contributed by atoms with van der Waals surface area (Å²) in [5.41, 5.74) is 1.62. The first-order valence-electron chi connectivity index (χ1n) is 6.80. The molecule has 2 amide bonds. The van der Waals surface area contributed by atoms with E-state index < -0.39 is 6.04 Å². The SMILES string of the molecule is CCc1nn(CC)c(CN2C(=O)CNC(=O)C2C)c1Cl. The standard InChI is InChI=1S/C13H19ClN4O2/c1-4-9-12(14)10(18(5-2)16-9)7-17-8(3)13(20)15-6-11(17)19/h8H,4-7H2,1-3H3,(H,15,20). The van der Waals surface area contributed by atoms with Crippen molar-refractivity contribution in [2.24, 2.45) is 0 Å². The van der Waals surface area contributed by atoms with Crippen molar-refractivity contribution in [1.82, 2.24) is 20.0 Å². The molecular weight excluding hydrogens is 280 g/mol. The molecule has 0 spiro atoms. The number of piperazine rings is 1. The number of aryl methyl sites for hydroxylation is 2. The molecule has 20 heavy (non-hydrogen) atoms. The number of hydrogen-bond acceptors (Lipinski definition) is 3. The van der Waals surface area contributed by atoms with Crippen LogP contribution in [0.5, 0.6) is 0 Å². The summed E-state index contributed by atoms with van der Waals surface area (Å²) in [4.78, 5) is 25.2. The fraction of sp³-hybridized carbons (Fsp3) is 0.615. The minimum atomic E-state index is -0.488. The topological polar surface area (TPSA) is 67.2 Å².